The maximum Gasteiger partial charge on any atom is 3.00 e. The standard InChI is InChI=1S/C17H13N.C17H12N.3C13H12N.2CH4O.2Ir/c2*1-3-7-14(8-4-1)16-11-12-18-17(13-16)15-9-5-2-6-10-15;3*1-10-8-13(14-9-11(10)2)12-6-4-3-5-7-12;2*1-2;;/h1-13H;1-9,11-13H;3*3-6,8-9H,1-2H3;2*2H,1H3;;/q;4*-1;;;;+3. The predicted molar refractivity (Wildman–Crippen MR) is 339 cm³/mol. The van der Waals surface area contributed by atoms with E-state index in [0.717, 1.165) is 70.5 Å². The molecule has 5 heterocycles. The summed E-state index contributed by atoms with van der Waals surface area (Å²) in [5.41, 5.74) is 22.6. The Hall–Kier alpha value is -8.49. The summed E-state index contributed by atoms with van der Waals surface area (Å²) in [6.07, 6.45) is 9.44. The third-order valence-corrected chi connectivity index (χ3v) is 12.9. The van der Waals surface area contributed by atoms with Crippen LogP contribution in [0.5, 0.6) is 0 Å². The first-order valence-corrected chi connectivity index (χ1v) is 26.8. The van der Waals surface area contributed by atoms with Gasteiger partial charge < -0.3 is 30.1 Å². The summed E-state index contributed by atoms with van der Waals surface area (Å²) >= 11 is 0. The Morgan fingerprint density at radius 1 is 0.262 bits per heavy atom. The van der Waals surface area contributed by atoms with Gasteiger partial charge in [0, 0.05) is 70.9 Å². The third-order valence-electron chi connectivity index (χ3n) is 12.9. The van der Waals surface area contributed by atoms with E-state index < -0.39 is 0 Å². The van der Waals surface area contributed by atoms with Crippen LogP contribution in [0.15, 0.2) is 262 Å². The van der Waals surface area contributed by atoms with Crippen LogP contribution in [0.1, 0.15) is 33.4 Å². The van der Waals surface area contributed by atoms with Crippen LogP contribution in [0.2, 0.25) is 0 Å². The molecule has 7 nitrogen and oxygen atoms in total. The average molecular weight is 1460 g/mol. The summed E-state index contributed by atoms with van der Waals surface area (Å²) in [6, 6.07) is 89.8. The minimum atomic E-state index is 0. The van der Waals surface area contributed by atoms with Crippen LogP contribution >= 0.6 is 0 Å². The van der Waals surface area contributed by atoms with E-state index in [4.69, 9.17) is 10.2 Å². The number of aryl methyl sites for hydroxylation is 6. The van der Waals surface area contributed by atoms with Crippen LogP contribution in [0.3, 0.4) is 0 Å². The molecule has 0 bridgehead atoms. The number of nitrogens with zero attached hydrogens (tertiary/aromatic N) is 5. The Balaban J connectivity index is 0.000000222. The van der Waals surface area contributed by atoms with E-state index in [1.807, 2.05) is 183 Å². The summed E-state index contributed by atoms with van der Waals surface area (Å²) in [4.78, 5) is 22.0. The predicted octanol–water partition coefficient (Wildman–Crippen LogP) is 17.3. The van der Waals surface area contributed by atoms with E-state index in [1.165, 1.54) is 55.6 Å². The van der Waals surface area contributed by atoms with Crippen LogP contribution in [-0.4, -0.2) is 49.4 Å². The van der Waals surface area contributed by atoms with Crippen molar-refractivity contribution in [2.75, 3.05) is 14.2 Å². The first-order valence-electron chi connectivity index (χ1n) is 26.8. The van der Waals surface area contributed by atoms with Gasteiger partial charge in [-0.1, -0.05) is 132 Å². The van der Waals surface area contributed by atoms with Crippen molar-refractivity contribution >= 4 is 0 Å². The van der Waals surface area contributed by atoms with Gasteiger partial charge in [-0.3, -0.25) is 4.98 Å². The van der Waals surface area contributed by atoms with Gasteiger partial charge in [-0.15, -0.1) is 144 Å². The Morgan fingerprint density at radius 3 is 0.810 bits per heavy atom. The normalized spacial score (nSPS) is 9.60. The fourth-order valence-electron chi connectivity index (χ4n) is 7.92. The van der Waals surface area contributed by atoms with Crippen molar-refractivity contribution in [1.82, 2.24) is 24.9 Å². The Bertz CT molecular complexity index is 3300. The van der Waals surface area contributed by atoms with Crippen molar-refractivity contribution in [3.05, 3.63) is 319 Å². The Kier molecular flexibility index (Phi) is 30.4. The fourth-order valence-corrected chi connectivity index (χ4v) is 7.92. The number of benzene rings is 7. The Morgan fingerprint density at radius 2 is 0.524 bits per heavy atom. The molecule has 7 aromatic carbocycles. The molecule has 2 N–H and O–H groups in total. The zero-order chi connectivity index (χ0) is 58.3. The summed E-state index contributed by atoms with van der Waals surface area (Å²) in [7, 11) is 2.00. The monoisotopic (exact) mass is 1460 g/mol. The molecule has 0 aliphatic heterocycles. The Labute approximate surface area is 525 Å². The number of hydrogen-bond acceptors (Lipinski definition) is 7. The fraction of sp³-hybridized carbons (Fsp3) is 0.107. The molecule has 0 amide bonds. The summed E-state index contributed by atoms with van der Waals surface area (Å²) in [6.45, 7) is 12.5. The van der Waals surface area contributed by atoms with Gasteiger partial charge in [0.2, 0.25) is 0 Å². The molecule has 9 heteroatoms. The molecule has 1 radical (unpaired) electrons. The van der Waals surface area contributed by atoms with E-state index in [-0.39, 0.29) is 40.2 Å². The molecule has 84 heavy (non-hydrogen) atoms. The molecule has 0 aliphatic rings. The van der Waals surface area contributed by atoms with Crippen LogP contribution in [0.25, 0.3) is 78.5 Å². The molecule has 0 spiro atoms. The number of rotatable bonds is 7. The molecule has 0 aliphatic carbocycles. The first-order chi connectivity index (χ1) is 40.2. The van der Waals surface area contributed by atoms with Crippen molar-refractivity contribution in [1.29, 1.82) is 0 Å². The summed E-state index contributed by atoms with van der Waals surface area (Å²) < 4.78 is 0. The van der Waals surface area contributed by atoms with E-state index in [9.17, 15) is 0 Å². The average Bonchev–Trinajstić information content (AvgIpc) is 3.66. The van der Waals surface area contributed by atoms with Crippen molar-refractivity contribution in [3.63, 3.8) is 0 Å². The van der Waals surface area contributed by atoms with Gasteiger partial charge >= 0.3 is 20.1 Å². The second kappa shape index (κ2) is 37.6. The van der Waals surface area contributed by atoms with Gasteiger partial charge in [-0.05, 0) is 121 Å². The summed E-state index contributed by atoms with van der Waals surface area (Å²) in [5, 5.41) is 14.0. The SMILES string of the molecule is CO.CO.Cc1cnc(-c2[c-]cccc2)cc1C.Cc1cnc(-c2[c-]cccc2)cc1C.Cc1cnc(-c2[c-]cccc2)cc1C.[Ir+3].[Ir].[c-]1ccccc1-c1cc(-c2ccccc2)ccn1.c1ccc(-c2ccnc(-c3ccccc3)c2)cc1. The maximum absolute atomic E-state index is 7.00. The smallest absolute Gasteiger partial charge is 0.400 e. The molecule has 425 valence electrons. The van der Waals surface area contributed by atoms with Crippen molar-refractivity contribution in [3.8, 4) is 78.5 Å². The second-order valence-electron chi connectivity index (χ2n) is 18.5. The van der Waals surface area contributed by atoms with Gasteiger partial charge in [0.25, 0.3) is 0 Å². The molecule has 0 fully saturated rings. The van der Waals surface area contributed by atoms with Gasteiger partial charge in [0.1, 0.15) is 0 Å². The number of aliphatic hydroxyl groups is 2. The van der Waals surface area contributed by atoms with Crippen LogP contribution in [-0.2, 0) is 40.2 Å². The molecule has 12 rings (SSSR count). The topological polar surface area (TPSA) is 105 Å². The molecule has 12 aromatic rings. The minimum Gasteiger partial charge on any atom is -0.400 e. The molecule has 0 unspecified atom stereocenters. The van der Waals surface area contributed by atoms with Crippen LogP contribution in [0.4, 0.5) is 0 Å². The number of pyridine rings is 5. The second-order valence-corrected chi connectivity index (χ2v) is 18.5. The molecular formula is C75H69Ir2N5O2-. The first kappa shape index (κ1) is 68.0. The maximum atomic E-state index is 7.00. The molecule has 5 aromatic heterocycles. The van der Waals surface area contributed by atoms with E-state index in [0.29, 0.717) is 0 Å². The van der Waals surface area contributed by atoms with E-state index in [1.54, 1.807) is 0 Å². The minimum absolute atomic E-state index is 0. The zero-order valence-electron chi connectivity index (χ0n) is 48.6. The van der Waals surface area contributed by atoms with Crippen molar-refractivity contribution in [2.45, 2.75) is 41.5 Å². The van der Waals surface area contributed by atoms with E-state index >= 15 is 0 Å². The zero-order valence-corrected chi connectivity index (χ0v) is 53.4. The van der Waals surface area contributed by atoms with E-state index in [2.05, 4.69) is 170 Å². The van der Waals surface area contributed by atoms with Gasteiger partial charge in [0.15, 0.2) is 0 Å². The van der Waals surface area contributed by atoms with Crippen molar-refractivity contribution in [2.24, 2.45) is 0 Å². The molecule has 0 atom stereocenters. The quantitative estimate of drug-likeness (QED) is 0.153. The van der Waals surface area contributed by atoms with Gasteiger partial charge in [-0.2, -0.15) is 0 Å². The third kappa shape index (κ3) is 21.4. The largest absolute Gasteiger partial charge is 3.00 e. The van der Waals surface area contributed by atoms with Crippen molar-refractivity contribution < 1.29 is 50.4 Å². The molecule has 0 saturated carbocycles. The van der Waals surface area contributed by atoms with Crippen LogP contribution in [0, 0.1) is 65.8 Å². The number of aromatic nitrogens is 5. The summed E-state index contributed by atoms with van der Waals surface area (Å²) in [5.74, 6) is 0. The molecule has 0 saturated heterocycles. The van der Waals surface area contributed by atoms with Gasteiger partial charge in [0.05, 0.1) is 5.69 Å². The number of aliphatic hydroxyl groups excluding tert-OH is 2. The van der Waals surface area contributed by atoms with Crippen LogP contribution < -0.4 is 0 Å². The number of hydrogen-bond donors (Lipinski definition) is 2. The molecular weight excluding hydrogens is 1390 g/mol. The van der Waals surface area contributed by atoms with Gasteiger partial charge in [-0.25, -0.2) is 0 Å².